The lowest BCUT2D eigenvalue weighted by molar-refractivity contribution is -0.111. The summed E-state index contributed by atoms with van der Waals surface area (Å²) in [6.07, 6.45) is 5.05. The lowest BCUT2D eigenvalue weighted by Gasteiger charge is -2.26. The molecule has 8 nitrogen and oxygen atoms in total. The summed E-state index contributed by atoms with van der Waals surface area (Å²) >= 11 is 13.3. The van der Waals surface area contributed by atoms with Crippen molar-refractivity contribution in [1.82, 2.24) is 20.0 Å². The first-order valence-corrected chi connectivity index (χ1v) is 10.8. The van der Waals surface area contributed by atoms with Crippen LogP contribution in [0, 0.1) is 0 Å². The van der Waals surface area contributed by atoms with E-state index < -0.39 is 0 Å². The molecule has 1 amide bonds. The van der Waals surface area contributed by atoms with Gasteiger partial charge in [0.15, 0.2) is 0 Å². The average molecular weight is 476 g/mol. The van der Waals surface area contributed by atoms with Crippen LogP contribution in [0.25, 0.3) is 11.4 Å². The predicted octanol–water partition coefficient (Wildman–Crippen LogP) is 4.53. The molecule has 10 heteroatoms. The molecule has 32 heavy (non-hydrogen) atoms. The number of aromatic amines is 1. The lowest BCUT2D eigenvalue weighted by atomic mass is 9.82. The zero-order valence-electron chi connectivity index (χ0n) is 18.0. The zero-order chi connectivity index (χ0) is 23.0. The Hall–Kier alpha value is -2.97. The number of benzene rings is 1. The smallest absolute Gasteiger partial charge is 0.247 e. The summed E-state index contributed by atoms with van der Waals surface area (Å²) in [5.41, 5.74) is 4.96. The molecule has 0 saturated heterocycles. The monoisotopic (exact) mass is 475 g/mol. The molecule has 0 bridgehead atoms. The van der Waals surface area contributed by atoms with E-state index in [1.807, 2.05) is 7.05 Å². The molecule has 0 fully saturated rings. The Labute approximate surface area is 195 Å². The number of fused-ring (bicyclic) bond motifs is 1. The van der Waals surface area contributed by atoms with Gasteiger partial charge in [-0.15, -0.1) is 0 Å². The summed E-state index contributed by atoms with van der Waals surface area (Å²) in [5.74, 6) is 0.805. The molecule has 1 aliphatic rings. The van der Waals surface area contributed by atoms with E-state index in [0.29, 0.717) is 33.7 Å². The number of hydrogen-bond donors (Lipinski definition) is 2. The summed E-state index contributed by atoms with van der Waals surface area (Å²) in [7, 11) is 4.94. The molecule has 1 aliphatic carbocycles. The van der Waals surface area contributed by atoms with E-state index >= 15 is 0 Å². The first-order chi connectivity index (χ1) is 15.4. The molecular weight excluding hydrogens is 453 g/mol. The van der Waals surface area contributed by atoms with Crippen molar-refractivity contribution in [3.63, 3.8) is 0 Å². The molecule has 0 spiro atoms. The van der Waals surface area contributed by atoms with Crippen LogP contribution >= 0.6 is 23.2 Å². The highest BCUT2D eigenvalue weighted by Crippen LogP contribution is 2.48. The maximum absolute atomic E-state index is 11.8. The second-order valence-electron chi connectivity index (χ2n) is 7.52. The number of halogens is 2. The maximum Gasteiger partial charge on any atom is 0.247 e. The fourth-order valence-electron chi connectivity index (χ4n) is 4.21. The Morgan fingerprint density at radius 1 is 1.31 bits per heavy atom. The number of amides is 1. The Morgan fingerprint density at radius 3 is 2.62 bits per heavy atom. The minimum Gasteiger partial charge on any atom is -0.495 e. The molecule has 3 aromatic rings. The van der Waals surface area contributed by atoms with Gasteiger partial charge in [0, 0.05) is 29.9 Å². The number of carbonyl (C=O) groups is 1. The number of rotatable bonds is 6. The number of ether oxygens (including phenoxy) is 2. The van der Waals surface area contributed by atoms with E-state index in [4.69, 9.17) is 32.7 Å². The highest BCUT2D eigenvalue weighted by molar-refractivity contribution is 6.38. The summed E-state index contributed by atoms with van der Waals surface area (Å²) in [5, 5.41) is 15.8. The number of methoxy groups -OCH3 is 2. The summed E-state index contributed by atoms with van der Waals surface area (Å²) in [6.45, 7) is 3.50. The van der Waals surface area contributed by atoms with Gasteiger partial charge in [0.05, 0.1) is 36.1 Å². The van der Waals surface area contributed by atoms with Crippen molar-refractivity contribution in [2.75, 3.05) is 19.5 Å². The molecule has 1 atom stereocenters. The van der Waals surface area contributed by atoms with Crippen LogP contribution in [-0.4, -0.2) is 40.1 Å². The van der Waals surface area contributed by atoms with E-state index in [-0.39, 0.29) is 11.8 Å². The van der Waals surface area contributed by atoms with Gasteiger partial charge in [-0.25, -0.2) is 0 Å². The fraction of sp³-hybridized carbons (Fsp3) is 0.318. The van der Waals surface area contributed by atoms with Crippen LogP contribution in [0.15, 0.2) is 24.9 Å². The van der Waals surface area contributed by atoms with Crippen LogP contribution in [0.3, 0.4) is 0 Å². The molecule has 0 unspecified atom stereocenters. The van der Waals surface area contributed by atoms with E-state index in [1.54, 1.807) is 31.2 Å². The first-order valence-electron chi connectivity index (χ1n) is 10.0. The summed E-state index contributed by atoms with van der Waals surface area (Å²) in [6, 6.07) is 1.69. The molecule has 0 aliphatic heterocycles. The van der Waals surface area contributed by atoms with E-state index in [0.717, 1.165) is 41.1 Å². The number of nitrogens with zero attached hydrogens (tertiary/aromatic N) is 3. The Balaban J connectivity index is 1.71. The summed E-state index contributed by atoms with van der Waals surface area (Å²) in [4.78, 5) is 11.8. The minimum absolute atomic E-state index is 0.0614. The van der Waals surface area contributed by atoms with Gasteiger partial charge >= 0.3 is 0 Å². The lowest BCUT2D eigenvalue weighted by Crippen LogP contribution is -2.14. The van der Waals surface area contributed by atoms with Crippen LogP contribution in [-0.2, 0) is 24.7 Å². The van der Waals surface area contributed by atoms with Gasteiger partial charge < -0.3 is 14.8 Å². The van der Waals surface area contributed by atoms with Crippen molar-refractivity contribution < 1.29 is 14.3 Å². The molecule has 2 aromatic heterocycles. The van der Waals surface area contributed by atoms with Crippen LogP contribution in [0.5, 0.6) is 11.5 Å². The Bertz CT molecular complexity index is 1170. The van der Waals surface area contributed by atoms with Gasteiger partial charge in [-0.1, -0.05) is 29.8 Å². The third kappa shape index (κ3) is 3.73. The third-order valence-corrected chi connectivity index (χ3v) is 6.55. The van der Waals surface area contributed by atoms with E-state index in [9.17, 15) is 4.79 Å². The highest BCUT2D eigenvalue weighted by atomic mass is 35.5. The second-order valence-corrected chi connectivity index (χ2v) is 8.27. The number of H-pyrrole nitrogens is 1. The molecule has 0 saturated carbocycles. The topological polar surface area (TPSA) is 94.1 Å². The molecule has 4 rings (SSSR count). The SMILES string of the molecule is C=CC(=O)Nc1cnn(C)c1-c1n[nH]c2c1CC[C@H](c1c(Cl)c(OC)cc(OC)c1Cl)C2. The van der Waals surface area contributed by atoms with Crippen molar-refractivity contribution in [2.24, 2.45) is 7.05 Å². The maximum atomic E-state index is 11.8. The Morgan fingerprint density at radius 2 is 2.00 bits per heavy atom. The molecule has 2 heterocycles. The van der Waals surface area contributed by atoms with Gasteiger partial charge in [-0.05, 0) is 31.3 Å². The van der Waals surface area contributed by atoms with Crippen molar-refractivity contribution >= 4 is 34.8 Å². The minimum atomic E-state index is -0.306. The Kier molecular flexibility index (Phi) is 6.17. The third-order valence-electron chi connectivity index (χ3n) is 5.77. The standard InChI is InChI=1S/C22H23Cl2N5O3/c1-5-17(30)26-14-10-25-29(2)22(14)21-12-7-6-11(8-13(12)27-28-21)18-19(23)15(31-3)9-16(32-4)20(18)24/h5,9-11H,1,6-8H2,2-4H3,(H,26,30)(H,27,28)/t11-/m0/s1. The first kappa shape index (κ1) is 22.2. The van der Waals surface area contributed by atoms with Crippen LogP contribution in [0.4, 0.5) is 5.69 Å². The number of hydrogen-bond acceptors (Lipinski definition) is 5. The molecular formula is C22H23Cl2N5O3. The largest absolute Gasteiger partial charge is 0.495 e. The number of aromatic nitrogens is 4. The average Bonchev–Trinajstić information content (AvgIpc) is 3.36. The fourth-order valence-corrected chi connectivity index (χ4v) is 5.01. The van der Waals surface area contributed by atoms with Crippen molar-refractivity contribution in [3.8, 4) is 22.9 Å². The molecule has 0 radical (unpaired) electrons. The summed E-state index contributed by atoms with van der Waals surface area (Å²) < 4.78 is 12.5. The van der Waals surface area contributed by atoms with Gasteiger partial charge in [-0.3, -0.25) is 14.6 Å². The van der Waals surface area contributed by atoms with Gasteiger partial charge in [0.2, 0.25) is 5.91 Å². The molecule has 1 aromatic carbocycles. The van der Waals surface area contributed by atoms with Crippen molar-refractivity contribution in [1.29, 1.82) is 0 Å². The van der Waals surface area contributed by atoms with Gasteiger partial charge in [0.25, 0.3) is 0 Å². The van der Waals surface area contributed by atoms with E-state index in [1.165, 1.54) is 6.08 Å². The molecule has 2 N–H and O–H groups in total. The van der Waals surface area contributed by atoms with Crippen molar-refractivity contribution in [3.05, 3.63) is 51.8 Å². The van der Waals surface area contributed by atoms with E-state index in [2.05, 4.69) is 27.2 Å². The second kappa shape index (κ2) is 8.88. The highest BCUT2D eigenvalue weighted by Gasteiger charge is 2.31. The molecule has 168 valence electrons. The van der Waals surface area contributed by atoms with Crippen LogP contribution in [0.2, 0.25) is 10.0 Å². The normalized spacial score (nSPS) is 15.2. The quantitative estimate of drug-likeness (QED) is 0.510. The van der Waals surface area contributed by atoms with Crippen LogP contribution in [0.1, 0.15) is 29.2 Å². The number of nitrogens with one attached hydrogen (secondary N) is 2. The zero-order valence-corrected chi connectivity index (χ0v) is 19.5. The van der Waals surface area contributed by atoms with Gasteiger partial charge in [-0.2, -0.15) is 10.2 Å². The number of carbonyl (C=O) groups excluding carboxylic acids is 1. The predicted molar refractivity (Wildman–Crippen MR) is 124 cm³/mol. The van der Waals surface area contributed by atoms with Gasteiger partial charge in [0.1, 0.15) is 22.9 Å². The van der Waals surface area contributed by atoms with Crippen LogP contribution < -0.4 is 14.8 Å². The number of anilines is 1. The number of aryl methyl sites for hydroxylation is 1. The van der Waals surface area contributed by atoms with Crippen molar-refractivity contribution in [2.45, 2.75) is 25.2 Å².